The largest absolute Gasteiger partial charge is 0.321 e. The standard InChI is InChI=1S/C21H18N4O2S/c1-13-4-2-3-5-16(13)21-23-18(12-28-21)14-6-8-15(9-7-14)22-20(27)17-10-11-19(26)25-24-17/h2-9,12H,10-11H2,1H3,(H,22,27)(H,25,26). The van der Waals surface area contributed by atoms with E-state index in [-0.39, 0.29) is 18.2 Å². The summed E-state index contributed by atoms with van der Waals surface area (Å²) in [6.07, 6.45) is 0.620. The molecule has 2 aromatic carbocycles. The summed E-state index contributed by atoms with van der Waals surface area (Å²) in [6.45, 7) is 2.08. The number of amides is 2. The average Bonchev–Trinajstić information content (AvgIpc) is 3.19. The molecule has 3 aromatic rings. The van der Waals surface area contributed by atoms with Gasteiger partial charge in [-0.3, -0.25) is 9.59 Å². The predicted octanol–water partition coefficient (Wildman–Crippen LogP) is 3.99. The molecule has 6 nitrogen and oxygen atoms in total. The average molecular weight is 390 g/mol. The van der Waals surface area contributed by atoms with E-state index in [1.54, 1.807) is 11.3 Å². The van der Waals surface area contributed by atoms with E-state index in [4.69, 9.17) is 4.98 Å². The molecule has 4 rings (SSSR count). The molecule has 1 aliphatic heterocycles. The summed E-state index contributed by atoms with van der Waals surface area (Å²) < 4.78 is 0. The smallest absolute Gasteiger partial charge is 0.271 e. The second-order valence-corrected chi connectivity index (χ2v) is 7.34. The van der Waals surface area contributed by atoms with E-state index in [0.29, 0.717) is 17.8 Å². The van der Waals surface area contributed by atoms with Gasteiger partial charge >= 0.3 is 0 Å². The number of carbonyl (C=O) groups excluding carboxylic acids is 2. The van der Waals surface area contributed by atoms with E-state index in [1.165, 1.54) is 5.56 Å². The van der Waals surface area contributed by atoms with Crippen molar-refractivity contribution < 1.29 is 9.59 Å². The zero-order valence-corrected chi connectivity index (χ0v) is 16.0. The number of aryl methyl sites for hydroxylation is 1. The molecular weight excluding hydrogens is 372 g/mol. The van der Waals surface area contributed by atoms with Crippen molar-refractivity contribution in [3.8, 4) is 21.8 Å². The lowest BCUT2D eigenvalue weighted by atomic mass is 10.1. The minimum Gasteiger partial charge on any atom is -0.321 e. The van der Waals surface area contributed by atoms with E-state index in [0.717, 1.165) is 21.8 Å². The molecule has 0 atom stereocenters. The van der Waals surface area contributed by atoms with Gasteiger partial charge in [0.25, 0.3) is 5.91 Å². The van der Waals surface area contributed by atoms with Crippen LogP contribution in [0, 0.1) is 6.92 Å². The maximum Gasteiger partial charge on any atom is 0.271 e. The number of hydrogen-bond donors (Lipinski definition) is 2. The Labute approximate surface area is 166 Å². The van der Waals surface area contributed by atoms with Crippen LogP contribution in [-0.4, -0.2) is 22.5 Å². The summed E-state index contributed by atoms with van der Waals surface area (Å²) in [6, 6.07) is 15.7. The Morgan fingerprint density at radius 3 is 2.61 bits per heavy atom. The van der Waals surface area contributed by atoms with Crippen molar-refractivity contribution in [3.05, 3.63) is 59.5 Å². The van der Waals surface area contributed by atoms with Crippen molar-refractivity contribution in [1.29, 1.82) is 0 Å². The third kappa shape index (κ3) is 3.84. The van der Waals surface area contributed by atoms with E-state index >= 15 is 0 Å². The highest BCUT2D eigenvalue weighted by Crippen LogP contribution is 2.31. The maximum absolute atomic E-state index is 12.2. The number of anilines is 1. The normalized spacial score (nSPS) is 13.6. The van der Waals surface area contributed by atoms with Gasteiger partial charge in [-0.15, -0.1) is 11.3 Å². The third-order valence-electron chi connectivity index (χ3n) is 4.48. The van der Waals surface area contributed by atoms with Crippen LogP contribution in [0.25, 0.3) is 21.8 Å². The van der Waals surface area contributed by atoms with Crippen molar-refractivity contribution in [2.45, 2.75) is 19.8 Å². The Hall–Kier alpha value is -3.32. The molecule has 28 heavy (non-hydrogen) atoms. The van der Waals surface area contributed by atoms with Gasteiger partial charge in [0, 0.05) is 35.0 Å². The van der Waals surface area contributed by atoms with Crippen LogP contribution in [0.15, 0.2) is 59.0 Å². The highest BCUT2D eigenvalue weighted by Gasteiger charge is 2.18. The van der Waals surface area contributed by atoms with Crippen molar-refractivity contribution in [2.24, 2.45) is 5.10 Å². The molecule has 0 bridgehead atoms. The molecule has 0 radical (unpaired) electrons. The van der Waals surface area contributed by atoms with Crippen LogP contribution in [0.2, 0.25) is 0 Å². The molecular formula is C21H18N4O2S. The molecule has 0 fully saturated rings. The first-order valence-corrected chi connectivity index (χ1v) is 9.77. The summed E-state index contributed by atoms with van der Waals surface area (Å²) in [5, 5.41) is 9.64. The van der Waals surface area contributed by atoms with Gasteiger partial charge in [0.15, 0.2) is 0 Å². The molecule has 2 N–H and O–H groups in total. The predicted molar refractivity (Wildman–Crippen MR) is 111 cm³/mol. The Morgan fingerprint density at radius 2 is 1.89 bits per heavy atom. The zero-order chi connectivity index (χ0) is 19.5. The number of rotatable bonds is 4. The fourth-order valence-corrected chi connectivity index (χ4v) is 3.83. The number of nitrogens with one attached hydrogen (secondary N) is 2. The number of aromatic nitrogens is 1. The second-order valence-electron chi connectivity index (χ2n) is 6.48. The van der Waals surface area contributed by atoms with E-state index < -0.39 is 0 Å². The van der Waals surface area contributed by atoms with Gasteiger partial charge in [0.2, 0.25) is 5.91 Å². The van der Waals surface area contributed by atoms with Gasteiger partial charge in [-0.2, -0.15) is 5.10 Å². The summed E-state index contributed by atoms with van der Waals surface area (Å²) in [5.41, 5.74) is 7.55. The van der Waals surface area contributed by atoms with Gasteiger partial charge in [0.05, 0.1) is 5.69 Å². The first kappa shape index (κ1) is 18.1. The van der Waals surface area contributed by atoms with Crippen LogP contribution in [0.3, 0.4) is 0 Å². The Bertz CT molecular complexity index is 1070. The topological polar surface area (TPSA) is 83.4 Å². The molecule has 7 heteroatoms. The lowest BCUT2D eigenvalue weighted by Gasteiger charge is -2.12. The summed E-state index contributed by atoms with van der Waals surface area (Å²) in [5.74, 6) is -0.475. The first-order valence-electron chi connectivity index (χ1n) is 8.89. The lowest BCUT2D eigenvalue weighted by Crippen LogP contribution is -2.32. The molecule has 2 amide bonds. The first-order chi connectivity index (χ1) is 13.6. The monoisotopic (exact) mass is 390 g/mol. The molecule has 0 aliphatic carbocycles. The van der Waals surface area contributed by atoms with E-state index in [9.17, 15) is 9.59 Å². The molecule has 0 unspecified atom stereocenters. The molecule has 1 aromatic heterocycles. The second kappa shape index (κ2) is 7.74. The number of hydrogen-bond acceptors (Lipinski definition) is 5. The zero-order valence-electron chi connectivity index (χ0n) is 15.2. The lowest BCUT2D eigenvalue weighted by molar-refractivity contribution is -0.121. The minimum atomic E-state index is -0.303. The van der Waals surface area contributed by atoms with Crippen molar-refractivity contribution >= 4 is 34.6 Å². The van der Waals surface area contributed by atoms with Crippen molar-refractivity contribution in [2.75, 3.05) is 5.32 Å². The maximum atomic E-state index is 12.2. The van der Waals surface area contributed by atoms with Crippen molar-refractivity contribution in [3.63, 3.8) is 0 Å². The highest BCUT2D eigenvalue weighted by molar-refractivity contribution is 7.13. The van der Waals surface area contributed by atoms with Crippen molar-refractivity contribution in [1.82, 2.24) is 10.4 Å². The summed E-state index contributed by atoms with van der Waals surface area (Å²) >= 11 is 1.61. The molecule has 0 saturated carbocycles. The van der Waals surface area contributed by atoms with E-state index in [2.05, 4.69) is 34.9 Å². The highest BCUT2D eigenvalue weighted by atomic mass is 32.1. The Morgan fingerprint density at radius 1 is 1.11 bits per heavy atom. The Kier molecular flexibility index (Phi) is 4.99. The SMILES string of the molecule is Cc1ccccc1-c1nc(-c2ccc(NC(=O)C3=NNC(=O)CC3)cc2)cs1. The van der Waals surface area contributed by atoms with Crippen LogP contribution in [0.1, 0.15) is 18.4 Å². The van der Waals surface area contributed by atoms with Gasteiger partial charge < -0.3 is 5.32 Å². The van der Waals surface area contributed by atoms with Crippen LogP contribution < -0.4 is 10.7 Å². The van der Waals surface area contributed by atoms with Gasteiger partial charge in [0.1, 0.15) is 10.7 Å². The number of carbonyl (C=O) groups is 2. The number of benzene rings is 2. The number of hydrazone groups is 1. The van der Waals surface area contributed by atoms with Crippen LogP contribution in [0.4, 0.5) is 5.69 Å². The van der Waals surface area contributed by atoms with Crippen LogP contribution >= 0.6 is 11.3 Å². The number of nitrogens with zero attached hydrogens (tertiary/aromatic N) is 2. The van der Waals surface area contributed by atoms with Gasteiger partial charge in [-0.1, -0.05) is 36.4 Å². The van der Waals surface area contributed by atoms with Crippen LogP contribution in [-0.2, 0) is 9.59 Å². The van der Waals surface area contributed by atoms with E-state index in [1.807, 2.05) is 41.8 Å². The van der Waals surface area contributed by atoms with Gasteiger partial charge in [-0.25, -0.2) is 10.4 Å². The fourth-order valence-electron chi connectivity index (χ4n) is 2.91. The quantitative estimate of drug-likeness (QED) is 0.706. The molecule has 140 valence electrons. The minimum absolute atomic E-state index is 0.172. The van der Waals surface area contributed by atoms with Gasteiger partial charge in [-0.05, 0) is 24.6 Å². The molecule has 0 spiro atoms. The summed E-state index contributed by atoms with van der Waals surface area (Å²) in [4.78, 5) is 28.1. The Balaban J connectivity index is 1.47. The third-order valence-corrected chi connectivity index (χ3v) is 5.36. The molecule has 0 saturated heterocycles. The molecule has 2 heterocycles. The fraction of sp³-hybridized carbons (Fsp3) is 0.143. The molecule has 1 aliphatic rings. The van der Waals surface area contributed by atoms with Crippen LogP contribution in [0.5, 0.6) is 0 Å². The summed E-state index contributed by atoms with van der Waals surface area (Å²) in [7, 11) is 0. The number of thiazole rings is 1.